The third kappa shape index (κ3) is 8.93. The molecule has 0 bridgehead atoms. The molecule has 1 N–H and O–H groups in total. The second-order valence-corrected chi connectivity index (χ2v) is 6.26. The van der Waals surface area contributed by atoms with Gasteiger partial charge in [0.05, 0.1) is 0 Å². The quantitative estimate of drug-likeness (QED) is 0.434. The number of nitrogens with zero attached hydrogens (tertiary/aromatic N) is 1. The number of nitrogens with one attached hydrogen (secondary N) is 1. The lowest BCUT2D eigenvalue weighted by atomic mass is 10.1. The van der Waals surface area contributed by atoms with Crippen LogP contribution in [0.15, 0.2) is 46.6 Å². The molecule has 0 aromatic heterocycles. The summed E-state index contributed by atoms with van der Waals surface area (Å²) in [5.74, 6) is 0.419. The van der Waals surface area contributed by atoms with E-state index in [-0.39, 0.29) is 12.5 Å². The molecule has 0 saturated carbocycles. The predicted molar refractivity (Wildman–Crippen MR) is 100 cm³/mol. The first kappa shape index (κ1) is 19.7. The van der Waals surface area contributed by atoms with E-state index in [4.69, 9.17) is 4.74 Å². The molecule has 4 nitrogen and oxygen atoms in total. The SMILES string of the molecule is CC(C)=CCC/C(C)=C/C=N/NC(=O)COc1cc(C)cc(C)c1. The van der Waals surface area contributed by atoms with E-state index in [0.717, 1.165) is 24.0 Å². The van der Waals surface area contributed by atoms with Gasteiger partial charge in [-0.3, -0.25) is 4.79 Å². The number of allylic oxidation sites excluding steroid dienone is 4. The van der Waals surface area contributed by atoms with Gasteiger partial charge in [-0.15, -0.1) is 0 Å². The Labute approximate surface area is 145 Å². The molecule has 0 unspecified atom stereocenters. The lowest BCUT2D eigenvalue weighted by molar-refractivity contribution is -0.123. The van der Waals surface area contributed by atoms with Crippen LogP contribution < -0.4 is 10.2 Å². The van der Waals surface area contributed by atoms with Gasteiger partial charge in [-0.05, 0) is 76.8 Å². The number of carbonyl (C=O) groups is 1. The van der Waals surface area contributed by atoms with Gasteiger partial charge in [-0.25, -0.2) is 5.43 Å². The minimum Gasteiger partial charge on any atom is -0.484 e. The highest BCUT2D eigenvalue weighted by Gasteiger charge is 2.02. The van der Waals surface area contributed by atoms with Gasteiger partial charge in [0.25, 0.3) is 5.91 Å². The molecule has 0 spiro atoms. The number of ether oxygens (including phenoxy) is 1. The number of amides is 1. The molecule has 0 saturated heterocycles. The number of hydrazone groups is 1. The van der Waals surface area contributed by atoms with Gasteiger partial charge in [0.15, 0.2) is 6.61 Å². The Balaban J connectivity index is 2.33. The maximum absolute atomic E-state index is 11.7. The monoisotopic (exact) mass is 328 g/mol. The van der Waals surface area contributed by atoms with E-state index in [2.05, 4.69) is 43.4 Å². The third-order valence-electron chi connectivity index (χ3n) is 3.28. The number of hydrogen-bond acceptors (Lipinski definition) is 3. The van der Waals surface area contributed by atoms with Crippen LogP contribution in [0.3, 0.4) is 0 Å². The molecule has 0 aliphatic heterocycles. The standard InChI is InChI=1S/C20H28N2O2/c1-15(2)7-6-8-16(3)9-10-21-22-20(23)14-24-19-12-17(4)11-18(5)13-19/h7,9-13H,6,8,14H2,1-5H3,(H,22,23)/b16-9+,21-10+. The maximum atomic E-state index is 11.7. The molecule has 0 atom stereocenters. The summed E-state index contributed by atoms with van der Waals surface area (Å²) >= 11 is 0. The van der Waals surface area contributed by atoms with Crippen LogP contribution in [0.25, 0.3) is 0 Å². The summed E-state index contributed by atoms with van der Waals surface area (Å²) in [6.07, 6.45) is 7.73. The van der Waals surface area contributed by atoms with Crippen molar-refractivity contribution < 1.29 is 9.53 Å². The Hall–Kier alpha value is -2.36. The van der Waals surface area contributed by atoms with Crippen LogP contribution in [-0.2, 0) is 4.79 Å². The molecule has 0 aliphatic rings. The van der Waals surface area contributed by atoms with E-state index in [1.54, 1.807) is 6.21 Å². The topological polar surface area (TPSA) is 50.7 Å². The lowest BCUT2D eigenvalue weighted by Gasteiger charge is -2.07. The van der Waals surface area contributed by atoms with Gasteiger partial charge in [-0.1, -0.05) is 23.3 Å². The lowest BCUT2D eigenvalue weighted by Crippen LogP contribution is -2.24. The molecule has 0 radical (unpaired) electrons. The van der Waals surface area contributed by atoms with Crippen molar-refractivity contribution in [3.8, 4) is 5.75 Å². The number of hydrogen-bond donors (Lipinski definition) is 1. The summed E-state index contributed by atoms with van der Waals surface area (Å²) in [6, 6.07) is 5.87. The van der Waals surface area contributed by atoms with Crippen molar-refractivity contribution in [1.82, 2.24) is 5.43 Å². The Morgan fingerprint density at radius 1 is 1.17 bits per heavy atom. The molecular weight excluding hydrogens is 300 g/mol. The number of aryl methyl sites for hydroxylation is 2. The molecule has 0 fully saturated rings. The van der Waals surface area contributed by atoms with E-state index in [9.17, 15) is 4.79 Å². The van der Waals surface area contributed by atoms with Gasteiger partial charge in [-0.2, -0.15) is 5.10 Å². The third-order valence-corrected chi connectivity index (χ3v) is 3.28. The predicted octanol–water partition coefficient (Wildman–Crippen LogP) is 4.48. The van der Waals surface area contributed by atoms with E-state index in [0.29, 0.717) is 5.75 Å². The molecule has 4 heteroatoms. The summed E-state index contributed by atoms with van der Waals surface area (Å²) in [5, 5.41) is 3.91. The molecule has 1 aromatic rings. The van der Waals surface area contributed by atoms with Crippen LogP contribution in [0.1, 0.15) is 44.7 Å². The van der Waals surface area contributed by atoms with Gasteiger partial charge in [0, 0.05) is 6.21 Å². The Kier molecular flexibility index (Phi) is 8.55. The van der Waals surface area contributed by atoms with Gasteiger partial charge in [0.1, 0.15) is 5.75 Å². The first-order valence-corrected chi connectivity index (χ1v) is 8.19. The number of benzene rings is 1. The largest absolute Gasteiger partial charge is 0.484 e. The van der Waals surface area contributed by atoms with Crippen LogP contribution in [-0.4, -0.2) is 18.7 Å². The highest BCUT2D eigenvalue weighted by molar-refractivity contribution is 5.79. The zero-order chi connectivity index (χ0) is 17.9. The normalized spacial score (nSPS) is 11.5. The summed E-state index contributed by atoms with van der Waals surface area (Å²) < 4.78 is 5.48. The first-order chi connectivity index (χ1) is 11.4. The molecule has 1 aromatic carbocycles. The van der Waals surface area contributed by atoms with Crippen molar-refractivity contribution in [2.45, 2.75) is 47.5 Å². The number of carbonyl (C=O) groups excluding carboxylic acids is 1. The second-order valence-electron chi connectivity index (χ2n) is 6.26. The van der Waals surface area contributed by atoms with Crippen molar-refractivity contribution in [2.75, 3.05) is 6.61 Å². The zero-order valence-electron chi connectivity index (χ0n) is 15.3. The van der Waals surface area contributed by atoms with E-state index < -0.39 is 0 Å². The van der Waals surface area contributed by atoms with Crippen molar-refractivity contribution in [2.24, 2.45) is 5.10 Å². The smallest absolute Gasteiger partial charge is 0.277 e. The van der Waals surface area contributed by atoms with Crippen LogP contribution >= 0.6 is 0 Å². The second kappa shape index (κ2) is 10.4. The first-order valence-electron chi connectivity index (χ1n) is 8.19. The fraction of sp³-hybridized carbons (Fsp3) is 0.400. The maximum Gasteiger partial charge on any atom is 0.277 e. The summed E-state index contributed by atoms with van der Waals surface area (Å²) in [5.41, 5.74) is 7.22. The fourth-order valence-electron chi connectivity index (χ4n) is 2.14. The van der Waals surface area contributed by atoms with E-state index in [1.165, 1.54) is 11.1 Å². The number of rotatable bonds is 8. The van der Waals surface area contributed by atoms with Crippen LogP contribution in [0.5, 0.6) is 5.75 Å². The summed E-state index contributed by atoms with van der Waals surface area (Å²) in [7, 11) is 0. The minimum absolute atomic E-state index is 0.0521. The van der Waals surface area contributed by atoms with Crippen LogP contribution in [0.2, 0.25) is 0 Å². The van der Waals surface area contributed by atoms with Gasteiger partial charge < -0.3 is 4.74 Å². The molecule has 1 amide bonds. The molecule has 0 aliphatic carbocycles. The van der Waals surface area contributed by atoms with Crippen LogP contribution in [0.4, 0.5) is 0 Å². The van der Waals surface area contributed by atoms with Gasteiger partial charge >= 0.3 is 0 Å². The molecule has 130 valence electrons. The zero-order valence-corrected chi connectivity index (χ0v) is 15.3. The fourth-order valence-corrected chi connectivity index (χ4v) is 2.14. The minimum atomic E-state index is -0.277. The van der Waals surface area contributed by atoms with E-state index in [1.807, 2.05) is 32.1 Å². The average Bonchev–Trinajstić information content (AvgIpc) is 2.48. The Morgan fingerprint density at radius 3 is 2.46 bits per heavy atom. The van der Waals surface area contributed by atoms with E-state index >= 15 is 0 Å². The van der Waals surface area contributed by atoms with Crippen molar-refractivity contribution in [3.05, 3.63) is 52.6 Å². The van der Waals surface area contributed by atoms with Crippen molar-refractivity contribution >= 4 is 12.1 Å². The Bertz CT molecular complexity index is 619. The molecule has 24 heavy (non-hydrogen) atoms. The molecular formula is C20H28N2O2. The van der Waals surface area contributed by atoms with Crippen molar-refractivity contribution in [1.29, 1.82) is 0 Å². The van der Waals surface area contributed by atoms with Crippen molar-refractivity contribution in [3.63, 3.8) is 0 Å². The summed E-state index contributed by atoms with van der Waals surface area (Å²) in [6.45, 7) is 10.2. The Morgan fingerprint density at radius 2 is 1.83 bits per heavy atom. The van der Waals surface area contributed by atoms with Gasteiger partial charge in [0.2, 0.25) is 0 Å². The molecule has 0 heterocycles. The summed E-state index contributed by atoms with van der Waals surface area (Å²) in [4.78, 5) is 11.7. The highest BCUT2D eigenvalue weighted by Crippen LogP contribution is 2.15. The highest BCUT2D eigenvalue weighted by atomic mass is 16.5. The molecule has 1 rings (SSSR count). The van der Waals surface area contributed by atoms with Crippen LogP contribution in [0, 0.1) is 13.8 Å². The average molecular weight is 328 g/mol.